The quantitative estimate of drug-likeness (QED) is 0.537. The van der Waals surface area contributed by atoms with Crippen LogP contribution >= 0.6 is 0 Å². The number of aliphatic hydroxyl groups is 2. The molecule has 23 heavy (non-hydrogen) atoms. The van der Waals surface area contributed by atoms with Crippen LogP contribution in [0.15, 0.2) is 48.5 Å². The predicted molar refractivity (Wildman–Crippen MR) is 86.9 cm³/mol. The summed E-state index contributed by atoms with van der Waals surface area (Å²) < 4.78 is 0. The largest absolute Gasteiger partial charge is 0.395 e. The lowest BCUT2D eigenvalue weighted by Crippen LogP contribution is -2.37. The molecule has 0 aliphatic rings. The minimum Gasteiger partial charge on any atom is -0.395 e. The lowest BCUT2D eigenvalue weighted by atomic mass is 10.0. The standard InChI is InChI=1S/C17H20N2O4/c1-12-3-2-4-13(9-12)10-18-16(11-20)17(21)14-5-7-15(8-6-14)19(22)23/h2-9,16-18,20-21H,10-11H2,1H3. The van der Waals surface area contributed by atoms with E-state index in [1.165, 1.54) is 24.3 Å². The van der Waals surface area contributed by atoms with Gasteiger partial charge in [0.2, 0.25) is 0 Å². The Hall–Kier alpha value is -2.28. The number of non-ortho nitro benzene ring substituents is 1. The van der Waals surface area contributed by atoms with Crippen LogP contribution in [0.3, 0.4) is 0 Å². The molecule has 122 valence electrons. The van der Waals surface area contributed by atoms with Gasteiger partial charge in [0.15, 0.2) is 0 Å². The molecule has 2 aromatic rings. The van der Waals surface area contributed by atoms with Gasteiger partial charge in [-0.2, -0.15) is 0 Å². The molecule has 0 bridgehead atoms. The van der Waals surface area contributed by atoms with Crippen LogP contribution in [0.4, 0.5) is 5.69 Å². The molecule has 3 N–H and O–H groups in total. The monoisotopic (exact) mass is 316 g/mol. The lowest BCUT2D eigenvalue weighted by molar-refractivity contribution is -0.384. The van der Waals surface area contributed by atoms with E-state index < -0.39 is 17.1 Å². The van der Waals surface area contributed by atoms with E-state index in [-0.39, 0.29) is 12.3 Å². The summed E-state index contributed by atoms with van der Waals surface area (Å²) >= 11 is 0. The third-order valence-electron chi connectivity index (χ3n) is 3.67. The van der Waals surface area contributed by atoms with Gasteiger partial charge in [0.05, 0.1) is 23.7 Å². The Balaban J connectivity index is 2.02. The maximum atomic E-state index is 10.6. The van der Waals surface area contributed by atoms with Gasteiger partial charge in [0, 0.05) is 18.7 Å². The molecule has 2 atom stereocenters. The molecule has 0 saturated heterocycles. The van der Waals surface area contributed by atoms with Gasteiger partial charge in [0.1, 0.15) is 0 Å². The van der Waals surface area contributed by atoms with Crippen LogP contribution in [-0.2, 0) is 6.54 Å². The van der Waals surface area contributed by atoms with Crippen LogP contribution in [0.1, 0.15) is 22.8 Å². The fourth-order valence-corrected chi connectivity index (χ4v) is 2.37. The molecule has 2 rings (SSSR count). The van der Waals surface area contributed by atoms with Crippen molar-refractivity contribution >= 4 is 5.69 Å². The van der Waals surface area contributed by atoms with Crippen molar-refractivity contribution in [2.75, 3.05) is 6.61 Å². The van der Waals surface area contributed by atoms with Crippen molar-refractivity contribution in [2.45, 2.75) is 25.6 Å². The zero-order valence-corrected chi connectivity index (χ0v) is 12.8. The molecule has 6 heteroatoms. The third kappa shape index (κ3) is 4.59. The van der Waals surface area contributed by atoms with Crippen LogP contribution in [0.25, 0.3) is 0 Å². The number of aryl methyl sites for hydroxylation is 1. The van der Waals surface area contributed by atoms with Crippen molar-refractivity contribution < 1.29 is 15.1 Å². The maximum Gasteiger partial charge on any atom is 0.269 e. The van der Waals surface area contributed by atoms with E-state index in [0.717, 1.165) is 11.1 Å². The number of benzene rings is 2. The summed E-state index contributed by atoms with van der Waals surface area (Å²) in [5, 5.41) is 33.6. The first-order chi connectivity index (χ1) is 11.0. The number of nitro benzene ring substituents is 1. The van der Waals surface area contributed by atoms with E-state index in [1.54, 1.807) is 0 Å². The molecule has 0 fully saturated rings. The molecule has 0 radical (unpaired) electrons. The molecule has 0 aromatic heterocycles. The molecule has 6 nitrogen and oxygen atoms in total. The van der Waals surface area contributed by atoms with Crippen molar-refractivity contribution in [3.63, 3.8) is 0 Å². The van der Waals surface area contributed by atoms with Crippen LogP contribution in [0.5, 0.6) is 0 Å². The van der Waals surface area contributed by atoms with Crippen LogP contribution in [0, 0.1) is 17.0 Å². The first-order valence-corrected chi connectivity index (χ1v) is 7.33. The molecule has 0 saturated carbocycles. The summed E-state index contributed by atoms with van der Waals surface area (Å²) in [4.78, 5) is 10.2. The van der Waals surface area contributed by atoms with Gasteiger partial charge in [-0.25, -0.2) is 0 Å². The Morgan fingerprint density at radius 2 is 1.91 bits per heavy atom. The Labute approximate surface area is 134 Å². The Kier molecular flexibility index (Phi) is 5.81. The highest BCUT2D eigenvalue weighted by Gasteiger charge is 2.20. The van der Waals surface area contributed by atoms with E-state index in [1.807, 2.05) is 31.2 Å². The molecule has 0 spiro atoms. The Bertz CT molecular complexity index is 658. The van der Waals surface area contributed by atoms with E-state index in [4.69, 9.17) is 0 Å². The van der Waals surface area contributed by atoms with Gasteiger partial charge in [-0.15, -0.1) is 0 Å². The SMILES string of the molecule is Cc1cccc(CNC(CO)C(O)c2ccc([N+](=O)[O-])cc2)c1. The minimum atomic E-state index is -0.953. The van der Waals surface area contributed by atoms with E-state index in [2.05, 4.69) is 5.32 Å². The van der Waals surface area contributed by atoms with Gasteiger partial charge >= 0.3 is 0 Å². The van der Waals surface area contributed by atoms with Crippen LogP contribution < -0.4 is 5.32 Å². The Morgan fingerprint density at radius 3 is 2.48 bits per heavy atom. The summed E-state index contributed by atoms with van der Waals surface area (Å²) in [6, 6.07) is 13.1. The van der Waals surface area contributed by atoms with Crippen molar-refractivity contribution in [2.24, 2.45) is 0 Å². The predicted octanol–water partition coefficient (Wildman–Crippen LogP) is 2.09. The van der Waals surface area contributed by atoms with Crippen molar-refractivity contribution in [3.8, 4) is 0 Å². The summed E-state index contributed by atoms with van der Waals surface area (Å²) in [5.41, 5.74) is 2.68. The average molecular weight is 316 g/mol. The summed E-state index contributed by atoms with van der Waals surface area (Å²) in [5.74, 6) is 0. The second-order valence-corrected chi connectivity index (χ2v) is 5.45. The van der Waals surface area contributed by atoms with Gasteiger partial charge in [-0.1, -0.05) is 29.8 Å². The number of nitro groups is 1. The second-order valence-electron chi connectivity index (χ2n) is 5.45. The zero-order valence-electron chi connectivity index (χ0n) is 12.8. The van der Waals surface area contributed by atoms with Gasteiger partial charge in [0.25, 0.3) is 5.69 Å². The van der Waals surface area contributed by atoms with Crippen molar-refractivity contribution in [1.29, 1.82) is 0 Å². The number of aliphatic hydroxyl groups excluding tert-OH is 2. The first kappa shape index (κ1) is 17.1. The molecule has 0 aliphatic heterocycles. The second kappa shape index (κ2) is 7.82. The number of hydrogen-bond donors (Lipinski definition) is 3. The average Bonchev–Trinajstić information content (AvgIpc) is 2.55. The topological polar surface area (TPSA) is 95.6 Å². The third-order valence-corrected chi connectivity index (χ3v) is 3.67. The molecule has 2 aromatic carbocycles. The maximum absolute atomic E-state index is 10.6. The number of nitrogens with one attached hydrogen (secondary N) is 1. The normalized spacial score (nSPS) is 13.5. The van der Waals surface area contributed by atoms with E-state index >= 15 is 0 Å². The Morgan fingerprint density at radius 1 is 1.22 bits per heavy atom. The van der Waals surface area contributed by atoms with Gasteiger partial charge < -0.3 is 15.5 Å². The number of nitrogens with zero attached hydrogens (tertiary/aromatic N) is 1. The number of hydrogen-bond acceptors (Lipinski definition) is 5. The van der Waals surface area contributed by atoms with Crippen LogP contribution in [0.2, 0.25) is 0 Å². The summed E-state index contributed by atoms with van der Waals surface area (Å²) in [6.07, 6.45) is -0.953. The molecular weight excluding hydrogens is 296 g/mol. The van der Waals surface area contributed by atoms with E-state index in [9.17, 15) is 20.3 Å². The summed E-state index contributed by atoms with van der Waals surface area (Å²) in [6.45, 7) is 2.26. The highest BCUT2D eigenvalue weighted by Crippen LogP contribution is 2.20. The fourth-order valence-electron chi connectivity index (χ4n) is 2.37. The van der Waals surface area contributed by atoms with Crippen molar-refractivity contribution in [3.05, 3.63) is 75.3 Å². The molecule has 0 aliphatic carbocycles. The van der Waals surface area contributed by atoms with E-state index in [0.29, 0.717) is 12.1 Å². The number of rotatable bonds is 7. The van der Waals surface area contributed by atoms with Crippen molar-refractivity contribution in [1.82, 2.24) is 5.32 Å². The highest BCUT2D eigenvalue weighted by molar-refractivity contribution is 5.34. The van der Waals surface area contributed by atoms with Gasteiger partial charge in [-0.3, -0.25) is 10.1 Å². The minimum absolute atomic E-state index is 0.0331. The van der Waals surface area contributed by atoms with Crippen LogP contribution in [-0.4, -0.2) is 27.8 Å². The summed E-state index contributed by atoms with van der Waals surface area (Å²) in [7, 11) is 0. The molecule has 0 amide bonds. The zero-order chi connectivity index (χ0) is 16.8. The molecule has 0 heterocycles. The fraction of sp³-hybridized carbons (Fsp3) is 0.294. The highest BCUT2D eigenvalue weighted by atomic mass is 16.6. The molecule has 2 unspecified atom stereocenters. The van der Waals surface area contributed by atoms with Gasteiger partial charge in [-0.05, 0) is 30.2 Å². The first-order valence-electron chi connectivity index (χ1n) is 7.33. The molecular formula is C17H20N2O4. The lowest BCUT2D eigenvalue weighted by Gasteiger charge is -2.22. The smallest absolute Gasteiger partial charge is 0.269 e.